The summed E-state index contributed by atoms with van der Waals surface area (Å²) in [5.41, 5.74) is 0. The zero-order valence-corrected chi connectivity index (χ0v) is 9.53. The van der Waals surface area contributed by atoms with Crippen molar-refractivity contribution in [1.29, 1.82) is 0 Å². The standard InChI is InChI=1S/C11H20N2O2/c1-8-10(5-7-15-8)13-6-3-4-9(12-2)11(13)14/h8-10,12H,3-7H2,1-2H3. The number of ether oxygens (including phenoxy) is 1. The number of carbonyl (C=O) groups is 1. The Balaban J connectivity index is 2.04. The molecule has 0 aromatic carbocycles. The van der Waals surface area contributed by atoms with E-state index < -0.39 is 0 Å². The van der Waals surface area contributed by atoms with E-state index in [-0.39, 0.29) is 18.1 Å². The molecule has 0 spiro atoms. The third-order valence-corrected chi connectivity index (χ3v) is 3.56. The summed E-state index contributed by atoms with van der Waals surface area (Å²) in [6.45, 7) is 3.75. The van der Waals surface area contributed by atoms with Gasteiger partial charge in [-0.1, -0.05) is 0 Å². The van der Waals surface area contributed by atoms with Gasteiger partial charge in [0.25, 0.3) is 0 Å². The number of hydrogen-bond donors (Lipinski definition) is 1. The number of nitrogens with one attached hydrogen (secondary N) is 1. The zero-order valence-electron chi connectivity index (χ0n) is 9.53. The number of carbonyl (C=O) groups excluding carboxylic acids is 1. The zero-order chi connectivity index (χ0) is 10.8. The van der Waals surface area contributed by atoms with E-state index in [1.807, 2.05) is 11.9 Å². The van der Waals surface area contributed by atoms with Crippen LogP contribution in [-0.2, 0) is 9.53 Å². The third-order valence-electron chi connectivity index (χ3n) is 3.56. The second kappa shape index (κ2) is 4.49. The van der Waals surface area contributed by atoms with Crippen LogP contribution in [0.2, 0.25) is 0 Å². The molecule has 3 atom stereocenters. The minimum absolute atomic E-state index is 0.0200. The first-order valence-electron chi connectivity index (χ1n) is 5.83. The van der Waals surface area contributed by atoms with Gasteiger partial charge in [0.15, 0.2) is 0 Å². The van der Waals surface area contributed by atoms with Crippen LogP contribution < -0.4 is 5.32 Å². The predicted molar refractivity (Wildman–Crippen MR) is 57.6 cm³/mol. The van der Waals surface area contributed by atoms with E-state index >= 15 is 0 Å². The Bertz CT molecular complexity index is 245. The quantitative estimate of drug-likeness (QED) is 0.719. The fraction of sp³-hybridized carbons (Fsp3) is 0.909. The van der Waals surface area contributed by atoms with Crippen LogP contribution in [0.25, 0.3) is 0 Å². The van der Waals surface area contributed by atoms with E-state index in [9.17, 15) is 4.79 Å². The number of amides is 1. The van der Waals surface area contributed by atoms with Gasteiger partial charge in [-0.15, -0.1) is 0 Å². The topological polar surface area (TPSA) is 41.6 Å². The summed E-state index contributed by atoms with van der Waals surface area (Å²) in [7, 11) is 1.86. The molecule has 1 amide bonds. The molecule has 15 heavy (non-hydrogen) atoms. The van der Waals surface area contributed by atoms with E-state index in [0.29, 0.717) is 6.04 Å². The molecule has 0 radical (unpaired) electrons. The average Bonchev–Trinajstić information content (AvgIpc) is 2.65. The van der Waals surface area contributed by atoms with Gasteiger partial charge in [-0.25, -0.2) is 0 Å². The van der Waals surface area contributed by atoms with Gasteiger partial charge in [0.2, 0.25) is 5.91 Å². The fourth-order valence-electron chi connectivity index (χ4n) is 2.63. The summed E-state index contributed by atoms with van der Waals surface area (Å²) < 4.78 is 5.52. The minimum Gasteiger partial charge on any atom is -0.376 e. The molecule has 0 aromatic rings. The second-order valence-electron chi connectivity index (χ2n) is 4.45. The molecule has 2 fully saturated rings. The van der Waals surface area contributed by atoms with Crippen molar-refractivity contribution in [3.8, 4) is 0 Å². The summed E-state index contributed by atoms with van der Waals surface area (Å²) in [6, 6.07) is 0.320. The molecule has 2 saturated heterocycles. The smallest absolute Gasteiger partial charge is 0.240 e. The van der Waals surface area contributed by atoms with Gasteiger partial charge in [-0.3, -0.25) is 4.79 Å². The van der Waals surface area contributed by atoms with Gasteiger partial charge >= 0.3 is 0 Å². The number of likely N-dealkylation sites (tertiary alicyclic amines) is 1. The Labute approximate surface area is 91.0 Å². The van der Waals surface area contributed by atoms with E-state index in [2.05, 4.69) is 12.2 Å². The molecule has 86 valence electrons. The highest BCUT2D eigenvalue weighted by atomic mass is 16.5. The van der Waals surface area contributed by atoms with Crippen molar-refractivity contribution in [2.24, 2.45) is 0 Å². The molecule has 1 N–H and O–H groups in total. The molecule has 2 rings (SSSR count). The van der Waals surface area contributed by atoms with Gasteiger partial charge in [0.05, 0.1) is 18.2 Å². The van der Waals surface area contributed by atoms with Crippen molar-refractivity contribution in [3.63, 3.8) is 0 Å². The first kappa shape index (κ1) is 10.9. The van der Waals surface area contributed by atoms with Crippen molar-refractivity contribution in [2.75, 3.05) is 20.2 Å². The monoisotopic (exact) mass is 212 g/mol. The van der Waals surface area contributed by atoms with Crippen LogP contribution in [0.3, 0.4) is 0 Å². The van der Waals surface area contributed by atoms with Crippen LogP contribution >= 0.6 is 0 Å². The molecule has 2 aliphatic heterocycles. The lowest BCUT2D eigenvalue weighted by Crippen LogP contribution is -2.54. The third kappa shape index (κ3) is 2.01. The van der Waals surface area contributed by atoms with Crippen LogP contribution in [0.4, 0.5) is 0 Å². The maximum absolute atomic E-state index is 12.1. The first-order chi connectivity index (χ1) is 7.24. The average molecular weight is 212 g/mol. The normalized spacial score (nSPS) is 37.3. The van der Waals surface area contributed by atoms with Crippen molar-refractivity contribution in [2.45, 2.75) is 44.4 Å². The summed E-state index contributed by atoms with van der Waals surface area (Å²) in [6.07, 6.45) is 3.25. The Kier molecular flexibility index (Phi) is 3.26. The summed E-state index contributed by atoms with van der Waals surface area (Å²) in [5, 5.41) is 3.09. The number of likely N-dealkylation sites (N-methyl/N-ethyl adjacent to an activating group) is 1. The highest BCUT2D eigenvalue weighted by Crippen LogP contribution is 2.23. The van der Waals surface area contributed by atoms with E-state index in [1.165, 1.54) is 0 Å². The lowest BCUT2D eigenvalue weighted by Gasteiger charge is -2.37. The van der Waals surface area contributed by atoms with E-state index in [4.69, 9.17) is 4.74 Å². The van der Waals surface area contributed by atoms with Crippen LogP contribution in [0, 0.1) is 0 Å². The molecule has 0 aromatic heterocycles. The highest BCUT2D eigenvalue weighted by molar-refractivity contribution is 5.83. The Morgan fingerprint density at radius 1 is 1.47 bits per heavy atom. The molecule has 0 aliphatic carbocycles. The van der Waals surface area contributed by atoms with Crippen molar-refractivity contribution >= 4 is 5.91 Å². The summed E-state index contributed by atoms with van der Waals surface area (Å²) in [4.78, 5) is 14.1. The van der Waals surface area contributed by atoms with Gasteiger partial charge < -0.3 is 15.0 Å². The SMILES string of the molecule is CNC1CCCN(C2CCOC2C)C1=O. The molecule has 2 heterocycles. The van der Waals surface area contributed by atoms with Crippen molar-refractivity contribution in [1.82, 2.24) is 10.2 Å². The Hall–Kier alpha value is -0.610. The van der Waals surface area contributed by atoms with Gasteiger partial charge in [0.1, 0.15) is 0 Å². The number of piperidine rings is 1. The Morgan fingerprint density at radius 3 is 2.87 bits per heavy atom. The molecule has 4 nitrogen and oxygen atoms in total. The fourth-order valence-corrected chi connectivity index (χ4v) is 2.63. The molecule has 3 unspecified atom stereocenters. The van der Waals surface area contributed by atoms with Crippen LogP contribution in [-0.4, -0.2) is 49.2 Å². The van der Waals surface area contributed by atoms with Gasteiger partial charge in [-0.05, 0) is 33.2 Å². The molecule has 0 bridgehead atoms. The molecular weight excluding hydrogens is 192 g/mol. The van der Waals surface area contributed by atoms with E-state index in [1.54, 1.807) is 0 Å². The Morgan fingerprint density at radius 2 is 2.27 bits per heavy atom. The summed E-state index contributed by atoms with van der Waals surface area (Å²) in [5.74, 6) is 0.256. The highest BCUT2D eigenvalue weighted by Gasteiger charge is 2.37. The number of nitrogens with zero attached hydrogens (tertiary/aromatic N) is 1. The first-order valence-corrected chi connectivity index (χ1v) is 5.83. The van der Waals surface area contributed by atoms with E-state index in [0.717, 1.165) is 32.4 Å². The molecule has 4 heteroatoms. The maximum Gasteiger partial charge on any atom is 0.240 e. The van der Waals surface area contributed by atoms with Crippen LogP contribution in [0.1, 0.15) is 26.2 Å². The molecular formula is C11H20N2O2. The maximum atomic E-state index is 12.1. The second-order valence-corrected chi connectivity index (χ2v) is 4.45. The predicted octanol–water partition coefficient (Wildman–Crippen LogP) is 0.374. The van der Waals surface area contributed by atoms with Gasteiger partial charge in [0, 0.05) is 13.2 Å². The molecule has 0 saturated carbocycles. The van der Waals surface area contributed by atoms with Crippen LogP contribution in [0.5, 0.6) is 0 Å². The summed E-state index contributed by atoms with van der Waals surface area (Å²) >= 11 is 0. The number of rotatable bonds is 2. The lowest BCUT2D eigenvalue weighted by molar-refractivity contribution is -0.139. The van der Waals surface area contributed by atoms with Crippen LogP contribution in [0.15, 0.2) is 0 Å². The van der Waals surface area contributed by atoms with Crippen molar-refractivity contribution < 1.29 is 9.53 Å². The lowest BCUT2D eigenvalue weighted by atomic mass is 10.0. The molecule has 2 aliphatic rings. The minimum atomic E-state index is 0.0200. The van der Waals surface area contributed by atoms with Gasteiger partial charge in [-0.2, -0.15) is 0 Å². The number of hydrogen-bond acceptors (Lipinski definition) is 3. The largest absolute Gasteiger partial charge is 0.376 e. The van der Waals surface area contributed by atoms with Crippen molar-refractivity contribution in [3.05, 3.63) is 0 Å².